The van der Waals surface area contributed by atoms with Crippen LogP contribution in [0.25, 0.3) is 11.4 Å². The standard InChI is InChI=1S/C13H17N3O2S/c1-9-6-16(4-2-11(9)17)7-12-14-13(15-18-12)10-3-5-19-8-10/h3,5,8-9,11,17H,2,4,6-7H2,1H3. The lowest BCUT2D eigenvalue weighted by atomic mass is 9.97. The van der Waals surface area contributed by atoms with Gasteiger partial charge in [-0.2, -0.15) is 16.3 Å². The van der Waals surface area contributed by atoms with E-state index in [2.05, 4.69) is 22.0 Å². The fourth-order valence-electron chi connectivity index (χ4n) is 2.38. The Hall–Kier alpha value is -1.24. The summed E-state index contributed by atoms with van der Waals surface area (Å²) in [5.74, 6) is 1.60. The molecule has 1 saturated heterocycles. The largest absolute Gasteiger partial charge is 0.393 e. The van der Waals surface area contributed by atoms with E-state index in [0.29, 0.717) is 24.2 Å². The lowest BCUT2D eigenvalue weighted by molar-refractivity contribution is 0.0282. The first kappa shape index (κ1) is 12.8. The van der Waals surface area contributed by atoms with Crippen LogP contribution in [0, 0.1) is 5.92 Å². The molecule has 6 heteroatoms. The van der Waals surface area contributed by atoms with Crippen molar-refractivity contribution in [2.45, 2.75) is 26.0 Å². The third-order valence-corrected chi connectivity index (χ3v) is 4.23. The van der Waals surface area contributed by atoms with Crippen molar-refractivity contribution in [2.24, 2.45) is 5.92 Å². The third-order valence-electron chi connectivity index (χ3n) is 3.55. The SMILES string of the molecule is CC1CN(Cc2nc(-c3ccsc3)no2)CCC1O. The van der Waals surface area contributed by atoms with Crippen molar-refractivity contribution in [3.63, 3.8) is 0 Å². The molecule has 1 aliphatic rings. The zero-order valence-electron chi connectivity index (χ0n) is 10.8. The molecule has 0 saturated carbocycles. The van der Waals surface area contributed by atoms with Crippen LogP contribution >= 0.6 is 11.3 Å². The average Bonchev–Trinajstić information content (AvgIpc) is 3.04. The molecule has 2 atom stereocenters. The number of aliphatic hydroxyl groups excluding tert-OH is 1. The van der Waals surface area contributed by atoms with Crippen LogP contribution < -0.4 is 0 Å². The van der Waals surface area contributed by atoms with Crippen molar-refractivity contribution in [2.75, 3.05) is 13.1 Å². The maximum absolute atomic E-state index is 9.71. The summed E-state index contributed by atoms with van der Waals surface area (Å²) in [6.45, 7) is 4.48. The molecule has 3 heterocycles. The Bertz CT molecular complexity index is 526. The van der Waals surface area contributed by atoms with Crippen LogP contribution in [0.2, 0.25) is 0 Å². The molecule has 2 unspecified atom stereocenters. The molecule has 5 nitrogen and oxygen atoms in total. The van der Waals surface area contributed by atoms with Gasteiger partial charge in [-0.1, -0.05) is 12.1 Å². The highest BCUT2D eigenvalue weighted by atomic mass is 32.1. The van der Waals surface area contributed by atoms with Crippen molar-refractivity contribution in [1.29, 1.82) is 0 Å². The minimum absolute atomic E-state index is 0.180. The van der Waals surface area contributed by atoms with Gasteiger partial charge in [-0.15, -0.1) is 0 Å². The number of aliphatic hydroxyl groups is 1. The Morgan fingerprint density at radius 3 is 3.21 bits per heavy atom. The van der Waals surface area contributed by atoms with E-state index in [9.17, 15) is 5.11 Å². The van der Waals surface area contributed by atoms with Crippen LogP contribution in [0.3, 0.4) is 0 Å². The first-order chi connectivity index (χ1) is 9.22. The molecule has 0 spiro atoms. The van der Waals surface area contributed by atoms with Gasteiger partial charge in [0.15, 0.2) is 0 Å². The van der Waals surface area contributed by atoms with Gasteiger partial charge in [-0.05, 0) is 23.8 Å². The molecule has 0 aliphatic carbocycles. The van der Waals surface area contributed by atoms with Gasteiger partial charge in [0.05, 0.1) is 12.6 Å². The van der Waals surface area contributed by atoms with E-state index in [1.807, 2.05) is 16.8 Å². The van der Waals surface area contributed by atoms with Gasteiger partial charge >= 0.3 is 0 Å². The van der Waals surface area contributed by atoms with E-state index >= 15 is 0 Å². The second kappa shape index (κ2) is 5.40. The predicted molar refractivity (Wildman–Crippen MR) is 72.7 cm³/mol. The molecule has 2 aromatic heterocycles. The van der Waals surface area contributed by atoms with Gasteiger partial charge in [-0.25, -0.2) is 0 Å². The van der Waals surface area contributed by atoms with Gasteiger partial charge in [0.1, 0.15) is 0 Å². The molecule has 0 bridgehead atoms. The monoisotopic (exact) mass is 279 g/mol. The number of aromatic nitrogens is 2. The topological polar surface area (TPSA) is 62.4 Å². The summed E-state index contributed by atoms with van der Waals surface area (Å²) in [6, 6.07) is 1.98. The fraction of sp³-hybridized carbons (Fsp3) is 0.538. The maximum atomic E-state index is 9.71. The Labute approximate surface area is 115 Å². The molecule has 3 rings (SSSR count). The molecule has 1 aliphatic heterocycles. The molecular formula is C13H17N3O2S. The van der Waals surface area contributed by atoms with E-state index in [1.165, 1.54) is 0 Å². The average molecular weight is 279 g/mol. The summed E-state index contributed by atoms with van der Waals surface area (Å²) >= 11 is 1.62. The number of thiophene rings is 1. The molecule has 1 N–H and O–H groups in total. The summed E-state index contributed by atoms with van der Waals surface area (Å²) in [7, 11) is 0. The fourth-order valence-corrected chi connectivity index (χ4v) is 3.02. The smallest absolute Gasteiger partial charge is 0.241 e. The minimum atomic E-state index is -0.180. The minimum Gasteiger partial charge on any atom is -0.393 e. The second-order valence-electron chi connectivity index (χ2n) is 5.09. The first-order valence-corrected chi connectivity index (χ1v) is 7.42. The number of hydrogen-bond donors (Lipinski definition) is 1. The molecule has 1 fully saturated rings. The van der Waals surface area contributed by atoms with Crippen LogP contribution in [0.4, 0.5) is 0 Å². The molecule has 102 valence electrons. The Kier molecular flexibility index (Phi) is 3.63. The lowest BCUT2D eigenvalue weighted by Crippen LogP contribution is -2.41. The number of piperidine rings is 1. The van der Waals surface area contributed by atoms with Gasteiger partial charge < -0.3 is 9.63 Å². The van der Waals surface area contributed by atoms with Crippen molar-refractivity contribution in [1.82, 2.24) is 15.0 Å². The van der Waals surface area contributed by atoms with Gasteiger partial charge in [0, 0.05) is 24.0 Å². The van der Waals surface area contributed by atoms with E-state index in [1.54, 1.807) is 11.3 Å². The summed E-state index contributed by atoms with van der Waals surface area (Å²) in [5, 5.41) is 17.7. The van der Waals surface area contributed by atoms with Crippen LogP contribution in [-0.4, -0.2) is 39.3 Å². The van der Waals surface area contributed by atoms with Crippen LogP contribution in [0.1, 0.15) is 19.2 Å². The molecular weight excluding hydrogens is 262 g/mol. The Morgan fingerprint density at radius 1 is 1.58 bits per heavy atom. The van der Waals surface area contributed by atoms with Gasteiger partial charge in [-0.3, -0.25) is 4.90 Å². The van der Waals surface area contributed by atoms with Gasteiger partial charge in [0.25, 0.3) is 0 Å². The number of rotatable bonds is 3. The predicted octanol–water partition coefficient (Wildman–Crippen LogP) is 2.00. The maximum Gasteiger partial charge on any atom is 0.241 e. The highest BCUT2D eigenvalue weighted by Gasteiger charge is 2.25. The molecule has 0 amide bonds. The second-order valence-corrected chi connectivity index (χ2v) is 5.87. The van der Waals surface area contributed by atoms with Gasteiger partial charge in [0.2, 0.25) is 11.7 Å². The van der Waals surface area contributed by atoms with E-state index in [4.69, 9.17) is 4.52 Å². The van der Waals surface area contributed by atoms with Crippen molar-refractivity contribution in [3.05, 3.63) is 22.7 Å². The zero-order chi connectivity index (χ0) is 13.2. The Balaban J connectivity index is 1.64. The molecule has 0 aromatic carbocycles. The van der Waals surface area contributed by atoms with Crippen LogP contribution in [0.5, 0.6) is 0 Å². The summed E-state index contributed by atoms with van der Waals surface area (Å²) in [6.07, 6.45) is 0.632. The van der Waals surface area contributed by atoms with Crippen LogP contribution in [0.15, 0.2) is 21.3 Å². The Morgan fingerprint density at radius 2 is 2.47 bits per heavy atom. The summed E-state index contributed by atoms with van der Waals surface area (Å²) < 4.78 is 5.29. The number of likely N-dealkylation sites (tertiary alicyclic amines) is 1. The van der Waals surface area contributed by atoms with Crippen molar-refractivity contribution >= 4 is 11.3 Å². The van der Waals surface area contributed by atoms with E-state index in [-0.39, 0.29) is 6.10 Å². The zero-order valence-corrected chi connectivity index (χ0v) is 11.6. The summed E-state index contributed by atoms with van der Waals surface area (Å²) in [4.78, 5) is 6.67. The number of nitrogens with zero attached hydrogens (tertiary/aromatic N) is 3. The quantitative estimate of drug-likeness (QED) is 0.931. The lowest BCUT2D eigenvalue weighted by Gasteiger charge is -2.33. The molecule has 19 heavy (non-hydrogen) atoms. The number of hydrogen-bond acceptors (Lipinski definition) is 6. The van der Waals surface area contributed by atoms with E-state index < -0.39 is 0 Å². The highest BCUT2D eigenvalue weighted by Crippen LogP contribution is 2.21. The van der Waals surface area contributed by atoms with Crippen molar-refractivity contribution < 1.29 is 9.63 Å². The normalized spacial score (nSPS) is 24.7. The van der Waals surface area contributed by atoms with Crippen molar-refractivity contribution in [3.8, 4) is 11.4 Å². The van der Waals surface area contributed by atoms with E-state index in [0.717, 1.165) is 25.1 Å². The molecule has 2 aromatic rings. The molecule has 0 radical (unpaired) electrons. The van der Waals surface area contributed by atoms with Crippen LogP contribution in [-0.2, 0) is 6.54 Å². The summed E-state index contributed by atoms with van der Waals surface area (Å²) in [5.41, 5.74) is 1.00. The highest BCUT2D eigenvalue weighted by molar-refractivity contribution is 7.08. The first-order valence-electron chi connectivity index (χ1n) is 6.48. The third kappa shape index (κ3) is 2.86.